The summed E-state index contributed by atoms with van der Waals surface area (Å²) in [5.74, 6) is 0.0666. The van der Waals surface area contributed by atoms with E-state index in [2.05, 4.69) is 6.92 Å². The minimum Gasteiger partial charge on any atom is -0.339 e. The van der Waals surface area contributed by atoms with Crippen LogP contribution in [0.5, 0.6) is 0 Å². The highest BCUT2D eigenvalue weighted by Crippen LogP contribution is 2.23. The molecule has 0 N–H and O–H groups in total. The van der Waals surface area contributed by atoms with E-state index >= 15 is 0 Å². The summed E-state index contributed by atoms with van der Waals surface area (Å²) in [5, 5.41) is 8.62. The van der Waals surface area contributed by atoms with E-state index in [0.717, 1.165) is 13.0 Å². The predicted molar refractivity (Wildman–Crippen MR) is 49.7 cm³/mol. The van der Waals surface area contributed by atoms with E-state index in [9.17, 15) is 4.79 Å². The van der Waals surface area contributed by atoms with Gasteiger partial charge in [-0.15, -0.1) is 0 Å². The molecule has 1 saturated heterocycles. The number of rotatable bonds is 1. The number of carbonyl (C=O) groups excluding carboxylic acids is 1. The molecule has 13 heavy (non-hydrogen) atoms. The lowest BCUT2D eigenvalue weighted by molar-refractivity contribution is -0.133. The average molecular weight is 180 g/mol. The number of likely N-dealkylation sites (tertiary alicyclic amines) is 1. The van der Waals surface area contributed by atoms with Crippen LogP contribution in [-0.4, -0.2) is 23.4 Å². The second-order valence-corrected chi connectivity index (χ2v) is 4.03. The first kappa shape index (κ1) is 10.0. The minimum atomic E-state index is -0.493. The largest absolute Gasteiger partial charge is 0.339 e. The van der Waals surface area contributed by atoms with E-state index in [1.165, 1.54) is 0 Å². The molecule has 1 heterocycles. The van der Waals surface area contributed by atoms with Crippen LogP contribution in [0, 0.1) is 23.2 Å². The second kappa shape index (κ2) is 3.78. The van der Waals surface area contributed by atoms with Crippen molar-refractivity contribution in [1.82, 2.24) is 4.90 Å². The molecule has 1 aliphatic rings. The van der Waals surface area contributed by atoms with Crippen molar-refractivity contribution in [2.45, 2.75) is 33.2 Å². The van der Waals surface area contributed by atoms with Crippen LogP contribution in [0.3, 0.4) is 0 Å². The molecule has 1 fully saturated rings. The summed E-state index contributed by atoms with van der Waals surface area (Å²) in [6.07, 6.45) is 1.06. The third-order valence-corrected chi connectivity index (χ3v) is 2.63. The Bertz CT molecular complexity index is 244. The van der Waals surface area contributed by atoms with Crippen molar-refractivity contribution in [2.75, 3.05) is 6.54 Å². The van der Waals surface area contributed by atoms with Gasteiger partial charge in [-0.05, 0) is 26.2 Å². The summed E-state index contributed by atoms with van der Waals surface area (Å²) in [7, 11) is 0. The second-order valence-electron chi connectivity index (χ2n) is 4.03. The smallest absolute Gasteiger partial charge is 0.239 e. The molecule has 0 aromatic carbocycles. The quantitative estimate of drug-likeness (QED) is 0.612. The van der Waals surface area contributed by atoms with Crippen LogP contribution >= 0.6 is 0 Å². The molecule has 0 spiro atoms. The first-order valence-electron chi connectivity index (χ1n) is 4.76. The molecule has 0 aromatic rings. The number of hydrogen-bond acceptors (Lipinski definition) is 2. The maximum Gasteiger partial charge on any atom is 0.239 e. The van der Waals surface area contributed by atoms with Gasteiger partial charge in [-0.1, -0.05) is 6.92 Å². The van der Waals surface area contributed by atoms with Gasteiger partial charge in [0.2, 0.25) is 5.91 Å². The van der Waals surface area contributed by atoms with Gasteiger partial charge in [0.1, 0.15) is 5.92 Å². The van der Waals surface area contributed by atoms with E-state index in [-0.39, 0.29) is 5.91 Å². The highest BCUT2D eigenvalue weighted by molar-refractivity contribution is 5.81. The van der Waals surface area contributed by atoms with Gasteiger partial charge in [0.15, 0.2) is 0 Å². The zero-order chi connectivity index (χ0) is 10.0. The van der Waals surface area contributed by atoms with Crippen LogP contribution in [-0.2, 0) is 4.79 Å². The molecule has 0 bridgehead atoms. The number of carbonyl (C=O) groups is 1. The molecule has 1 aliphatic heterocycles. The van der Waals surface area contributed by atoms with Gasteiger partial charge in [-0.2, -0.15) is 5.26 Å². The Kier molecular flexibility index (Phi) is 2.92. The highest BCUT2D eigenvalue weighted by Gasteiger charge is 2.31. The lowest BCUT2D eigenvalue weighted by Crippen LogP contribution is -2.37. The molecule has 72 valence electrons. The molecule has 3 nitrogen and oxygen atoms in total. The third kappa shape index (κ3) is 2.00. The first-order valence-corrected chi connectivity index (χ1v) is 4.76. The summed E-state index contributed by atoms with van der Waals surface area (Å²) < 4.78 is 0. The van der Waals surface area contributed by atoms with Gasteiger partial charge in [0.05, 0.1) is 6.07 Å². The SMILES string of the molecule is CC1CC(C)N(C(=O)C(C)C#N)C1. The maximum absolute atomic E-state index is 11.6. The van der Waals surface area contributed by atoms with Crippen LogP contribution in [0.2, 0.25) is 0 Å². The molecule has 3 atom stereocenters. The number of nitrogens with zero attached hydrogens (tertiary/aromatic N) is 2. The zero-order valence-corrected chi connectivity index (χ0v) is 8.45. The fourth-order valence-corrected chi connectivity index (χ4v) is 1.91. The Morgan fingerprint density at radius 2 is 2.23 bits per heavy atom. The molecule has 0 radical (unpaired) electrons. The summed E-state index contributed by atoms with van der Waals surface area (Å²) in [4.78, 5) is 13.5. The normalized spacial score (nSPS) is 29.8. The molecule has 1 rings (SSSR count). The van der Waals surface area contributed by atoms with Gasteiger partial charge in [-0.3, -0.25) is 4.79 Å². The molecule has 3 unspecified atom stereocenters. The van der Waals surface area contributed by atoms with Crippen molar-refractivity contribution < 1.29 is 4.79 Å². The Morgan fingerprint density at radius 1 is 1.62 bits per heavy atom. The predicted octanol–water partition coefficient (Wildman–Crippen LogP) is 1.40. The molecule has 0 saturated carbocycles. The zero-order valence-electron chi connectivity index (χ0n) is 8.45. The molecular formula is C10H16N2O. The van der Waals surface area contributed by atoms with Gasteiger partial charge < -0.3 is 4.90 Å². The Balaban J connectivity index is 2.63. The number of amides is 1. The molecule has 3 heteroatoms. The lowest BCUT2D eigenvalue weighted by Gasteiger charge is -2.22. The standard InChI is InChI=1S/C10H16N2O/c1-7-4-9(3)12(6-7)10(13)8(2)5-11/h7-9H,4,6H2,1-3H3. The van der Waals surface area contributed by atoms with E-state index in [0.29, 0.717) is 12.0 Å². The lowest BCUT2D eigenvalue weighted by atomic mass is 10.1. The van der Waals surface area contributed by atoms with E-state index in [1.807, 2.05) is 17.9 Å². The van der Waals surface area contributed by atoms with Crippen LogP contribution in [0.15, 0.2) is 0 Å². The van der Waals surface area contributed by atoms with Crippen molar-refractivity contribution in [1.29, 1.82) is 5.26 Å². The van der Waals surface area contributed by atoms with Crippen molar-refractivity contribution in [3.63, 3.8) is 0 Å². The van der Waals surface area contributed by atoms with Crippen LogP contribution in [0.25, 0.3) is 0 Å². The highest BCUT2D eigenvalue weighted by atomic mass is 16.2. The number of nitriles is 1. The third-order valence-electron chi connectivity index (χ3n) is 2.63. The summed E-state index contributed by atoms with van der Waals surface area (Å²) in [5.41, 5.74) is 0. The number of hydrogen-bond donors (Lipinski definition) is 0. The van der Waals surface area contributed by atoms with Crippen LogP contribution < -0.4 is 0 Å². The Morgan fingerprint density at radius 3 is 2.62 bits per heavy atom. The van der Waals surface area contributed by atoms with E-state index < -0.39 is 5.92 Å². The van der Waals surface area contributed by atoms with Crippen LogP contribution in [0.4, 0.5) is 0 Å². The minimum absolute atomic E-state index is 0.0145. The molecule has 1 amide bonds. The summed E-state index contributed by atoms with van der Waals surface area (Å²) >= 11 is 0. The average Bonchev–Trinajstić information content (AvgIpc) is 2.42. The van der Waals surface area contributed by atoms with E-state index in [4.69, 9.17) is 5.26 Å². The topological polar surface area (TPSA) is 44.1 Å². The van der Waals surface area contributed by atoms with E-state index in [1.54, 1.807) is 6.92 Å². The monoisotopic (exact) mass is 180 g/mol. The fourth-order valence-electron chi connectivity index (χ4n) is 1.91. The summed E-state index contributed by atoms with van der Waals surface area (Å²) in [6.45, 7) is 6.66. The van der Waals surface area contributed by atoms with Gasteiger partial charge in [-0.25, -0.2) is 0 Å². The maximum atomic E-state index is 11.6. The van der Waals surface area contributed by atoms with Crippen molar-refractivity contribution in [2.24, 2.45) is 11.8 Å². The van der Waals surface area contributed by atoms with Crippen LogP contribution in [0.1, 0.15) is 27.2 Å². The molecule has 0 aliphatic carbocycles. The van der Waals surface area contributed by atoms with Crippen molar-refractivity contribution in [3.8, 4) is 6.07 Å². The molecular weight excluding hydrogens is 164 g/mol. The van der Waals surface area contributed by atoms with Gasteiger partial charge >= 0.3 is 0 Å². The first-order chi connectivity index (χ1) is 6.06. The molecule has 0 aromatic heterocycles. The van der Waals surface area contributed by atoms with Crippen molar-refractivity contribution >= 4 is 5.91 Å². The van der Waals surface area contributed by atoms with Gasteiger partial charge in [0, 0.05) is 12.6 Å². The van der Waals surface area contributed by atoms with Gasteiger partial charge in [0.25, 0.3) is 0 Å². The van der Waals surface area contributed by atoms with Crippen molar-refractivity contribution in [3.05, 3.63) is 0 Å². The summed E-state index contributed by atoms with van der Waals surface area (Å²) in [6, 6.07) is 2.29. The Labute approximate surface area is 79.3 Å². The fraction of sp³-hybridized carbons (Fsp3) is 0.800. The Hall–Kier alpha value is -1.04.